The van der Waals surface area contributed by atoms with Gasteiger partial charge in [0.1, 0.15) is 23.1 Å². The fourth-order valence-corrected chi connectivity index (χ4v) is 3.79. The van der Waals surface area contributed by atoms with Gasteiger partial charge < -0.3 is 9.52 Å². The third-order valence-corrected chi connectivity index (χ3v) is 5.06. The lowest BCUT2D eigenvalue weighted by Gasteiger charge is -2.05. The zero-order valence-corrected chi connectivity index (χ0v) is 13.2. The van der Waals surface area contributed by atoms with Gasteiger partial charge in [-0.15, -0.1) is 0 Å². The molecule has 0 atom stereocenters. The van der Waals surface area contributed by atoms with E-state index in [1.165, 1.54) is 18.2 Å². The molecule has 0 saturated carbocycles. The first-order valence-corrected chi connectivity index (χ1v) is 8.33. The van der Waals surface area contributed by atoms with E-state index in [1.807, 2.05) is 0 Å². The monoisotopic (exact) mass is 377 g/mol. The van der Waals surface area contributed by atoms with Gasteiger partial charge in [-0.2, -0.15) is 0 Å². The Balaban J connectivity index is 2.03. The van der Waals surface area contributed by atoms with Crippen molar-refractivity contribution < 1.29 is 22.3 Å². The van der Waals surface area contributed by atoms with Gasteiger partial charge in [-0.05, 0) is 40.0 Å². The van der Waals surface area contributed by atoms with Crippen molar-refractivity contribution in [1.82, 2.24) is 4.72 Å². The molecule has 0 radical (unpaired) electrons. The molecule has 2 rings (SSSR count). The molecule has 1 heterocycles. The third kappa shape index (κ3) is 4.13. The Kier molecular flexibility index (Phi) is 5.15. The molecule has 0 fully saturated rings. The van der Waals surface area contributed by atoms with Crippen LogP contribution in [0, 0.1) is 5.82 Å². The van der Waals surface area contributed by atoms with Crippen molar-refractivity contribution in [2.24, 2.45) is 0 Å². The van der Waals surface area contributed by atoms with Crippen LogP contribution in [0.15, 0.2) is 44.3 Å². The Labute approximate surface area is 130 Å². The number of hydrogen-bond acceptors (Lipinski definition) is 4. The Bertz CT molecular complexity index is 730. The van der Waals surface area contributed by atoms with Crippen LogP contribution < -0.4 is 4.72 Å². The number of hydrogen-bond donors (Lipinski definition) is 2. The highest BCUT2D eigenvalue weighted by atomic mass is 79.9. The Morgan fingerprint density at radius 2 is 2.10 bits per heavy atom. The summed E-state index contributed by atoms with van der Waals surface area (Å²) >= 11 is 2.99. The predicted molar refractivity (Wildman–Crippen MR) is 77.6 cm³/mol. The number of benzene rings is 1. The molecule has 114 valence electrons. The van der Waals surface area contributed by atoms with Crippen LogP contribution in [0.5, 0.6) is 0 Å². The first kappa shape index (κ1) is 16.2. The highest BCUT2D eigenvalue weighted by molar-refractivity contribution is 9.10. The Hall–Kier alpha value is -1.22. The molecule has 21 heavy (non-hydrogen) atoms. The van der Waals surface area contributed by atoms with E-state index in [0.717, 1.165) is 0 Å². The van der Waals surface area contributed by atoms with Crippen molar-refractivity contribution in [3.8, 4) is 0 Å². The van der Waals surface area contributed by atoms with Crippen molar-refractivity contribution in [2.45, 2.75) is 17.9 Å². The normalized spacial score (nSPS) is 11.8. The predicted octanol–water partition coefficient (Wildman–Crippen LogP) is 2.19. The first-order valence-electron chi connectivity index (χ1n) is 6.05. The number of nitrogens with one attached hydrogen (secondary N) is 1. The summed E-state index contributed by atoms with van der Waals surface area (Å²) in [5, 5.41) is 8.93. The summed E-state index contributed by atoms with van der Waals surface area (Å²) in [6.07, 6.45) is 0.360. The maximum absolute atomic E-state index is 13.0. The van der Waals surface area contributed by atoms with Crippen molar-refractivity contribution in [3.05, 3.63) is 52.1 Å². The maximum atomic E-state index is 13.0. The molecular weight excluding hydrogens is 365 g/mol. The summed E-state index contributed by atoms with van der Waals surface area (Å²) in [4.78, 5) is -0.0780. The van der Waals surface area contributed by atoms with Gasteiger partial charge in [0.15, 0.2) is 4.67 Å². The Morgan fingerprint density at radius 3 is 2.71 bits per heavy atom. The van der Waals surface area contributed by atoms with Gasteiger partial charge in [0.25, 0.3) is 0 Å². The van der Waals surface area contributed by atoms with Crippen LogP contribution in [0.1, 0.15) is 11.3 Å². The van der Waals surface area contributed by atoms with Gasteiger partial charge in [-0.3, -0.25) is 0 Å². The second kappa shape index (κ2) is 6.69. The van der Waals surface area contributed by atoms with Crippen LogP contribution in [0.25, 0.3) is 0 Å². The van der Waals surface area contributed by atoms with Gasteiger partial charge in [0, 0.05) is 12.6 Å². The lowest BCUT2D eigenvalue weighted by molar-refractivity contribution is 0.245. The molecule has 0 amide bonds. The lowest BCUT2D eigenvalue weighted by atomic mass is 10.1. The molecule has 5 nitrogen and oxygen atoms in total. The second-order valence-electron chi connectivity index (χ2n) is 4.29. The second-order valence-corrected chi connectivity index (χ2v) is 6.74. The largest absolute Gasteiger partial charge is 0.450 e. The zero-order chi connectivity index (χ0) is 15.5. The fraction of sp³-hybridized carbons (Fsp3) is 0.231. The number of aliphatic hydroxyl groups excluding tert-OH is 1. The van der Waals surface area contributed by atoms with E-state index < -0.39 is 16.6 Å². The van der Waals surface area contributed by atoms with Crippen molar-refractivity contribution in [2.75, 3.05) is 6.54 Å². The third-order valence-electron chi connectivity index (χ3n) is 2.75. The van der Waals surface area contributed by atoms with E-state index in [2.05, 4.69) is 20.7 Å². The Morgan fingerprint density at radius 1 is 1.33 bits per heavy atom. The average molecular weight is 378 g/mol. The van der Waals surface area contributed by atoms with Crippen LogP contribution >= 0.6 is 15.9 Å². The van der Waals surface area contributed by atoms with Gasteiger partial charge in [-0.25, -0.2) is 17.5 Å². The number of rotatable bonds is 6. The van der Waals surface area contributed by atoms with Crippen LogP contribution in [0.2, 0.25) is 0 Å². The molecule has 0 spiro atoms. The molecule has 1 aromatic heterocycles. The highest BCUT2D eigenvalue weighted by Crippen LogP contribution is 2.25. The number of halogens is 2. The molecule has 0 aliphatic carbocycles. The van der Waals surface area contributed by atoms with E-state index in [9.17, 15) is 12.8 Å². The molecule has 0 aliphatic rings. The molecule has 8 heteroatoms. The smallest absolute Gasteiger partial charge is 0.244 e. The molecule has 0 saturated heterocycles. The molecular formula is C13H13BrFNO4S. The summed E-state index contributed by atoms with van der Waals surface area (Å²) in [5.74, 6) is -0.215. The topological polar surface area (TPSA) is 79.5 Å². The minimum atomic E-state index is -3.76. The summed E-state index contributed by atoms with van der Waals surface area (Å²) in [7, 11) is -3.76. The van der Waals surface area contributed by atoms with E-state index in [1.54, 1.807) is 12.1 Å². The van der Waals surface area contributed by atoms with Gasteiger partial charge in [-0.1, -0.05) is 12.1 Å². The molecule has 1 aromatic carbocycles. The standard InChI is InChI=1S/C13H13BrFNO4S/c14-13-12(7-11(8-17)20-13)21(18,19)16-5-4-9-2-1-3-10(15)6-9/h1-3,6-7,16-17H,4-5,8H2. The van der Waals surface area contributed by atoms with Crippen LogP contribution in [0.4, 0.5) is 4.39 Å². The fourth-order valence-electron chi connectivity index (χ4n) is 1.76. The minimum Gasteiger partial charge on any atom is -0.450 e. The minimum absolute atomic E-state index is 0.0322. The SMILES string of the molecule is O=S(=O)(NCCc1cccc(F)c1)c1cc(CO)oc1Br. The van der Waals surface area contributed by atoms with Crippen molar-refractivity contribution >= 4 is 26.0 Å². The van der Waals surface area contributed by atoms with Crippen molar-refractivity contribution in [3.63, 3.8) is 0 Å². The summed E-state index contributed by atoms with van der Waals surface area (Å²) in [5.41, 5.74) is 0.694. The molecule has 0 bridgehead atoms. The van der Waals surface area contributed by atoms with Crippen LogP contribution in [-0.2, 0) is 23.1 Å². The average Bonchev–Trinajstić information content (AvgIpc) is 2.81. The number of furan rings is 1. The quantitative estimate of drug-likeness (QED) is 0.808. The van der Waals surface area contributed by atoms with Crippen molar-refractivity contribution in [1.29, 1.82) is 0 Å². The maximum Gasteiger partial charge on any atom is 0.244 e. The summed E-state index contributed by atoms with van der Waals surface area (Å²) < 4.78 is 44.6. The zero-order valence-electron chi connectivity index (χ0n) is 10.8. The molecule has 2 aromatic rings. The highest BCUT2D eigenvalue weighted by Gasteiger charge is 2.21. The summed E-state index contributed by atoms with van der Waals surface area (Å²) in [6, 6.07) is 7.21. The number of aliphatic hydroxyl groups is 1. The van der Waals surface area contributed by atoms with E-state index in [-0.39, 0.29) is 27.7 Å². The summed E-state index contributed by atoms with van der Waals surface area (Å²) in [6.45, 7) is -0.269. The van der Waals surface area contributed by atoms with E-state index in [0.29, 0.717) is 12.0 Å². The molecule has 0 unspecified atom stereocenters. The molecule has 0 aliphatic heterocycles. The first-order chi connectivity index (χ1) is 9.92. The number of sulfonamides is 1. The lowest BCUT2D eigenvalue weighted by Crippen LogP contribution is -2.26. The van der Waals surface area contributed by atoms with E-state index >= 15 is 0 Å². The van der Waals surface area contributed by atoms with Crippen LogP contribution in [-0.4, -0.2) is 20.1 Å². The van der Waals surface area contributed by atoms with E-state index in [4.69, 9.17) is 9.52 Å². The van der Waals surface area contributed by atoms with Crippen LogP contribution in [0.3, 0.4) is 0 Å². The molecule has 2 N–H and O–H groups in total. The van der Waals surface area contributed by atoms with Gasteiger partial charge >= 0.3 is 0 Å². The van der Waals surface area contributed by atoms with Gasteiger partial charge in [0.2, 0.25) is 10.0 Å². The van der Waals surface area contributed by atoms with Gasteiger partial charge in [0.05, 0.1) is 0 Å².